The van der Waals surface area contributed by atoms with Crippen LogP contribution in [0.25, 0.3) is 0 Å². The summed E-state index contributed by atoms with van der Waals surface area (Å²) in [5.74, 6) is -0.463. The molecule has 0 spiro atoms. The molecular formula is C25H40O4. The van der Waals surface area contributed by atoms with E-state index in [2.05, 4.69) is 6.92 Å². The number of rotatable bonds is 14. The van der Waals surface area contributed by atoms with Crippen molar-refractivity contribution in [2.24, 2.45) is 5.41 Å². The van der Waals surface area contributed by atoms with Crippen molar-refractivity contribution in [2.75, 3.05) is 6.61 Å². The summed E-state index contributed by atoms with van der Waals surface area (Å²) in [6.07, 6.45) is 10.2. The van der Waals surface area contributed by atoms with Crippen molar-refractivity contribution in [1.29, 1.82) is 0 Å². The van der Waals surface area contributed by atoms with E-state index < -0.39 is 17.4 Å². The molecule has 0 aliphatic carbocycles. The van der Waals surface area contributed by atoms with Gasteiger partial charge in [-0.2, -0.15) is 0 Å². The molecule has 0 N–H and O–H groups in total. The standard InChI is InChI=1S/C25H40O4/c1-6-9-10-11-12-13-14-15-19-28-23(26)25(7-2,8-3)24(27)29-22-18-16-17-20(4)21(22)5/h16-18H,6-15,19H2,1-5H3. The number of ether oxygens (including phenoxy) is 2. The lowest BCUT2D eigenvalue weighted by atomic mass is 9.82. The maximum absolute atomic E-state index is 12.9. The van der Waals surface area contributed by atoms with E-state index >= 15 is 0 Å². The van der Waals surface area contributed by atoms with E-state index in [0.29, 0.717) is 25.2 Å². The molecule has 0 aliphatic heterocycles. The first-order valence-electron chi connectivity index (χ1n) is 11.4. The second-order valence-corrected chi connectivity index (χ2v) is 7.99. The summed E-state index contributed by atoms with van der Waals surface area (Å²) in [6.45, 7) is 10.2. The van der Waals surface area contributed by atoms with Crippen LogP contribution in [0.1, 0.15) is 96.1 Å². The zero-order valence-corrected chi connectivity index (χ0v) is 19.1. The Morgan fingerprint density at radius 1 is 0.828 bits per heavy atom. The molecule has 0 amide bonds. The highest BCUT2D eigenvalue weighted by molar-refractivity contribution is 6.00. The minimum Gasteiger partial charge on any atom is -0.465 e. The summed E-state index contributed by atoms with van der Waals surface area (Å²) in [5.41, 5.74) is 0.719. The number of carbonyl (C=O) groups is 2. The van der Waals surface area contributed by atoms with Crippen molar-refractivity contribution in [3.8, 4) is 5.75 Å². The van der Waals surface area contributed by atoms with E-state index in [-0.39, 0.29) is 0 Å². The van der Waals surface area contributed by atoms with Gasteiger partial charge in [0.2, 0.25) is 0 Å². The number of carbonyl (C=O) groups excluding carboxylic acids is 2. The fraction of sp³-hybridized carbons (Fsp3) is 0.680. The number of hydrogen-bond donors (Lipinski definition) is 0. The van der Waals surface area contributed by atoms with Gasteiger partial charge in [0.15, 0.2) is 5.41 Å². The number of esters is 2. The average molecular weight is 405 g/mol. The maximum atomic E-state index is 12.9. The van der Waals surface area contributed by atoms with Crippen LogP contribution in [0.2, 0.25) is 0 Å². The number of aryl methyl sites for hydroxylation is 1. The molecular weight excluding hydrogens is 364 g/mol. The van der Waals surface area contributed by atoms with Gasteiger partial charge in [-0.15, -0.1) is 0 Å². The summed E-state index contributed by atoms with van der Waals surface area (Å²) in [4.78, 5) is 25.7. The molecule has 0 saturated heterocycles. The van der Waals surface area contributed by atoms with Gasteiger partial charge in [-0.05, 0) is 50.3 Å². The van der Waals surface area contributed by atoms with Crippen molar-refractivity contribution in [3.63, 3.8) is 0 Å². The lowest BCUT2D eigenvalue weighted by Gasteiger charge is -2.27. The van der Waals surface area contributed by atoms with Gasteiger partial charge in [0.25, 0.3) is 0 Å². The van der Waals surface area contributed by atoms with Crippen molar-refractivity contribution < 1.29 is 19.1 Å². The maximum Gasteiger partial charge on any atom is 0.328 e. The van der Waals surface area contributed by atoms with Crippen LogP contribution in [-0.4, -0.2) is 18.5 Å². The van der Waals surface area contributed by atoms with Crippen molar-refractivity contribution in [1.82, 2.24) is 0 Å². The highest BCUT2D eigenvalue weighted by Crippen LogP contribution is 2.32. The monoisotopic (exact) mass is 404 g/mol. The molecule has 0 radical (unpaired) electrons. The predicted molar refractivity (Wildman–Crippen MR) is 118 cm³/mol. The van der Waals surface area contributed by atoms with Gasteiger partial charge in [0.1, 0.15) is 5.75 Å². The Morgan fingerprint density at radius 3 is 2.00 bits per heavy atom. The molecule has 1 aromatic rings. The molecule has 0 bridgehead atoms. The third kappa shape index (κ3) is 7.49. The first-order chi connectivity index (χ1) is 13.9. The third-order valence-electron chi connectivity index (χ3n) is 5.98. The molecule has 0 unspecified atom stereocenters. The van der Waals surface area contributed by atoms with Gasteiger partial charge in [-0.3, -0.25) is 9.59 Å². The molecule has 164 valence electrons. The van der Waals surface area contributed by atoms with Gasteiger partial charge in [-0.25, -0.2) is 0 Å². The average Bonchev–Trinajstić information content (AvgIpc) is 2.71. The Balaban J connectivity index is 2.55. The summed E-state index contributed by atoms with van der Waals surface area (Å²) in [7, 11) is 0. The van der Waals surface area contributed by atoms with Crippen LogP contribution in [0.15, 0.2) is 18.2 Å². The van der Waals surface area contributed by atoms with Gasteiger partial charge >= 0.3 is 11.9 Å². The number of unbranched alkanes of at least 4 members (excludes halogenated alkanes) is 7. The second-order valence-electron chi connectivity index (χ2n) is 7.99. The molecule has 4 nitrogen and oxygen atoms in total. The van der Waals surface area contributed by atoms with Crippen LogP contribution >= 0.6 is 0 Å². The van der Waals surface area contributed by atoms with Crippen LogP contribution in [-0.2, 0) is 14.3 Å². The first-order valence-corrected chi connectivity index (χ1v) is 11.4. The lowest BCUT2D eigenvalue weighted by molar-refractivity contribution is -0.168. The third-order valence-corrected chi connectivity index (χ3v) is 5.98. The topological polar surface area (TPSA) is 52.6 Å². The highest BCUT2D eigenvalue weighted by atomic mass is 16.6. The first kappa shape index (κ1) is 25.2. The number of benzene rings is 1. The fourth-order valence-corrected chi connectivity index (χ4v) is 3.48. The largest absolute Gasteiger partial charge is 0.465 e. The summed E-state index contributed by atoms with van der Waals surface area (Å²) in [6, 6.07) is 5.59. The van der Waals surface area contributed by atoms with Gasteiger partial charge in [0, 0.05) is 0 Å². The molecule has 0 aliphatic rings. The Bertz CT molecular complexity index is 632. The van der Waals surface area contributed by atoms with Crippen molar-refractivity contribution in [2.45, 2.75) is 98.8 Å². The smallest absolute Gasteiger partial charge is 0.328 e. The zero-order chi connectivity index (χ0) is 21.7. The van der Waals surface area contributed by atoms with Crippen LogP contribution in [0, 0.1) is 19.3 Å². The normalized spacial score (nSPS) is 11.3. The molecule has 29 heavy (non-hydrogen) atoms. The van der Waals surface area contributed by atoms with E-state index in [1.54, 1.807) is 6.07 Å². The lowest BCUT2D eigenvalue weighted by Crippen LogP contribution is -2.42. The van der Waals surface area contributed by atoms with Crippen molar-refractivity contribution in [3.05, 3.63) is 29.3 Å². The van der Waals surface area contributed by atoms with Crippen molar-refractivity contribution >= 4 is 11.9 Å². The molecule has 0 atom stereocenters. The predicted octanol–water partition coefficient (Wildman–Crippen LogP) is 6.70. The Labute approximate surface area is 177 Å². The molecule has 0 saturated carbocycles. The summed E-state index contributed by atoms with van der Waals surface area (Å²) >= 11 is 0. The second kappa shape index (κ2) is 13.4. The fourth-order valence-electron chi connectivity index (χ4n) is 3.48. The zero-order valence-electron chi connectivity index (χ0n) is 19.1. The molecule has 0 aromatic heterocycles. The highest BCUT2D eigenvalue weighted by Gasteiger charge is 2.46. The Kier molecular flexibility index (Phi) is 11.6. The summed E-state index contributed by atoms with van der Waals surface area (Å²) in [5, 5.41) is 0. The number of hydrogen-bond acceptors (Lipinski definition) is 4. The van der Waals surface area contributed by atoms with Crippen LogP contribution < -0.4 is 4.74 Å². The quantitative estimate of drug-likeness (QED) is 0.150. The molecule has 1 rings (SSSR count). The Hall–Kier alpha value is -1.84. The van der Waals surface area contributed by atoms with E-state index in [4.69, 9.17) is 9.47 Å². The van der Waals surface area contributed by atoms with Gasteiger partial charge in [-0.1, -0.05) is 77.8 Å². The van der Waals surface area contributed by atoms with Crippen LogP contribution in [0.3, 0.4) is 0 Å². The minimum atomic E-state index is -1.24. The van der Waals surface area contributed by atoms with Crippen LogP contribution in [0.5, 0.6) is 5.75 Å². The molecule has 4 heteroatoms. The van der Waals surface area contributed by atoms with E-state index in [9.17, 15) is 9.59 Å². The van der Waals surface area contributed by atoms with Gasteiger partial charge < -0.3 is 9.47 Å². The minimum absolute atomic E-state index is 0.365. The molecule has 1 aromatic carbocycles. The van der Waals surface area contributed by atoms with E-state index in [1.807, 2.05) is 39.8 Å². The van der Waals surface area contributed by atoms with E-state index in [1.165, 1.54) is 38.5 Å². The Morgan fingerprint density at radius 2 is 1.41 bits per heavy atom. The molecule has 0 fully saturated rings. The van der Waals surface area contributed by atoms with Crippen LogP contribution in [0.4, 0.5) is 0 Å². The van der Waals surface area contributed by atoms with E-state index in [0.717, 1.165) is 24.0 Å². The summed E-state index contributed by atoms with van der Waals surface area (Å²) < 4.78 is 11.2. The SMILES string of the molecule is CCCCCCCCCCOC(=O)C(CC)(CC)C(=O)Oc1cccc(C)c1C. The molecule has 0 heterocycles. The van der Waals surface area contributed by atoms with Gasteiger partial charge in [0.05, 0.1) is 6.61 Å².